The number of halogens is 1. The molecule has 0 fully saturated rings. The molecule has 0 bridgehead atoms. The summed E-state index contributed by atoms with van der Waals surface area (Å²) in [5.41, 5.74) is 1.74. The molecule has 0 unspecified atom stereocenters. The van der Waals surface area contributed by atoms with Gasteiger partial charge in [0.05, 0.1) is 27.3 Å². The Hall–Kier alpha value is -2.50. The minimum Gasteiger partial charge on any atom is -0.338 e. The number of rotatable bonds is 3. The van der Waals surface area contributed by atoms with E-state index >= 15 is 0 Å². The molecule has 0 saturated carbocycles. The van der Waals surface area contributed by atoms with Crippen LogP contribution < -0.4 is 5.32 Å². The zero-order chi connectivity index (χ0) is 15.6. The van der Waals surface area contributed by atoms with E-state index in [1.807, 2.05) is 47.8 Å². The second kappa shape index (κ2) is 5.95. The number of hydrogen-bond donors (Lipinski definition) is 1. The molecule has 4 nitrogen and oxygen atoms in total. The van der Waals surface area contributed by atoms with E-state index in [0.29, 0.717) is 10.8 Å². The average Bonchev–Trinajstić information content (AvgIpc) is 3.02. The Kier molecular flexibility index (Phi) is 3.65. The van der Waals surface area contributed by atoms with Gasteiger partial charge in [0.1, 0.15) is 5.82 Å². The van der Waals surface area contributed by atoms with Crippen molar-refractivity contribution in [2.75, 3.05) is 5.32 Å². The van der Waals surface area contributed by atoms with Crippen LogP contribution in [0, 0.1) is 0 Å². The fraction of sp³-hybridized carbons (Fsp3) is 0. The zero-order valence-corrected chi connectivity index (χ0v) is 13.5. The number of aromatic nitrogens is 3. The third-order valence-electron chi connectivity index (χ3n) is 3.35. The first-order chi connectivity index (χ1) is 11.3. The first kappa shape index (κ1) is 14.1. The highest BCUT2D eigenvalue weighted by molar-refractivity contribution is 7.14. The second-order valence-electron chi connectivity index (χ2n) is 4.88. The average molecular weight is 339 g/mol. The summed E-state index contributed by atoms with van der Waals surface area (Å²) in [5, 5.41) is 6.87. The molecule has 1 aromatic carbocycles. The van der Waals surface area contributed by atoms with Crippen molar-refractivity contribution in [2.45, 2.75) is 0 Å². The minimum absolute atomic E-state index is 0.620. The fourth-order valence-electron chi connectivity index (χ4n) is 2.30. The highest BCUT2D eigenvalue weighted by Gasteiger charge is 2.13. The molecule has 3 heterocycles. The summed E-state index contributed by atoms with van der Waals surface area (Å²) in [7, 11) is 0. The molecule has 1 N–H and O–H groups in total. The summed E-state index contributed by atoms with van der Waals surface area (Å²) in [6.07, 6.45) is 3.49. The number of fused-ring (bicyclic) bond motifs is 1. The maximum atomic E-state index is 6.24. The van der Waals surface area contributed by atoms with Gasteiger partial charge in [-0.05, 0) is 35.7 Å². The molecule has 0 amide bonds. The first-order valence-corrected chi connectivity index (χ1v) is 8.24. The van der Waals surface area contributed by atoms with E-state index in [4.69, 9.17) is 11.6 Å². The standard InChI is InChI=1S/C17H11ClN4S/c18-13-7-9-23-15(13)17-21-14-6-2-1-5-12(14)16(22-17)20-11-4-3-8-19-10-11/h1-10H,(H,20,21,22). The third-order valence-corrected chi connectivity index (χ3v) is 4.69. The van der Waals surface area contributed by atoms with Gasteiger partial charge in [-0.3, -0.25) is 4.98 Å². The van der Waals surface area contributed by atoms with Crippen LogP contribution in [0.1, 0.15) is 0 Å². The summed E-state index contributed by atoms with van der Waals surface area (Å²) < 4.78 is 0. The van der Waals surface area contributed by atoms with Crippen molar-refractivity contribution >= 4 is 45.3 Å². The Labute approximate surface area is 141 Å². The lowest BCUT2D eigenvalue weighted by molar-refractivity contribution is 1.23. The van der Waals surface area contributed by atoms with E-state index in [-0.39, 0.29) is 0 Å². The van der Waals surface area contributed by atoms with Gasteiger partial charge in [-0.2, -0.15) is 0 Å². The first-order valence-electron chi connectivity index (χ1n) is 6.98. The Morgan fingerprint density at radius 1 is 1.00 bits per heavy atom. The maximum absolute atomic E-state index is 6.24. The van der Waals surface area contributed by atoms with Crippen LogP contribution in [0.25, 0.3) is 21.6 Å². The smallest absolute Gasteiger partial charge is 0.173 e. The summed E-state index contributed by atoms with van der Waals surface area (Å²) in [5.74, 6) is 1.36. The van der Waals surface area contributed by atoms with Crippen molar-refractivity contribution in [3.8, 4) is 10.7 Å². The lowest BCUT2D eigenvalue weighted by Gasteiger charge is -2.10. The van der Waals surface area contributed by atoms with Crippen LogP contribution in [0.15, 0.2) is 60.2 Å². The Balaban J connectivity index is 1.89. The van der Waals surface area contributed by atoms with Crippen LogP contribution in [-0.4, -0.2) is 15.0 Å². The van der Waals surface area contributed by atoms with Crippen molar-refractivity contribution in [1.29, 1.82) is 0 Å². The molecule has 4 rings (SSSR count). The molecule has 3 aromatic heterocycles. The molecular formula is C17H11ClN4S. The van der Waals surface area contributed by atoms with Gasteiger partial charge in [0.15, 0.2) is 5.82 Å². The molecule has 0 aliphatic rings. The van der Waals surface area contributed by atoms with Gasteiger partial charge in [-0.1, -0.05) is 23.7 Å². The number of para-hydroxylation sites is 1. The van der Waals surface area contributed by atoms with Gasteiger partial charge in [0.25, 0.3) is 0 Å². The van der Waals surface area contributed by atoms with Gasteiger partial charge >= 0.3 is 0 Å². The Morgan fingerprint density at radius 2 is 1.91 bits per heavy atom. The summed E-state index contributed by atoms with van der Waals surface area (Å²) in [6.45, 7) is 0. The van der Waals surface area contributed by atoms with Crippen LogP contribution in [0.5, 0.6) is 0 Å². The van der Waals surface area contributed by atoms with Gasteiger partial charge < -0.3 is 5.32 Å². The number of nitrogens with one attached hydrogen (secondary N) is 1. The predicted molar refractivity (Wildman–Crippen MR) is 95.4 cm³/mol. The van der Waals surface area contributed by atoms with Gasteiger partial charge in [-0.15, -0.1) is 11.3 Å². The van der Waals surface area contributed by atoms with E-state index in [9.17, 15) is 0 Å². The zero-order valence-electron chi connectivity index (χ0n) is 11.9. The van der Waals surface area contributed by atoms with Crippen LogP contribution in [0.2, 0.25) is 5.02 Å². The van der Waals surface area contributed by atoms with Crippen LogP contribution in [0.4, 0.5) is 11.5 Å². The van der Waals surface area contributed by atoms with Crippen molar-refractivity contribution < 1.29 is 0 Å². The predicted octanol–water partition coefficient (Wildman–Crippen LogP) is 5.15. The maximum Gasteiger partial charge on any atom is 0.173 e. The molecule has 112 valence electrons. The Morgan fingerprint density at radius 3 is 2.70 bits per heavy atom. The normalized spacial score (nSPS) is 10.8. The largest absolute Gasteiger partial charge is 0.338 e. The SMILES string of the molecule is Clc1ccsc1-c1nc(Nc2cccnc2)c2ccccc2n1. The molecule has 4 aromatic rings. The number of hydrogen-bond acceptors (Lipinski definition) is 5. The highest BCUT2D eigenvalue weighted by atomic mass is 35.5. The van der Waals surface area contributed by atoms with Crippen molar-refractivity contribution in [1.82, 2.24) is 15.0 Å². The number of anilines is 2. The second-order valence-corrected chi connectivity index (χ2v) is 6.20. The molecule has 0 aliphatic heterocycles. The van der Waals surface area contributed by atoms with Gasteiger partial charge in [-0.25, -0.2) is 9.97 Å². The summed E-state index contributed by atoms with van der Waals surface area (Å²) in [4.78, 5) is 14.3. The summed E-state index contributed by atoms with van der Waals surface area (Å²) in [6, 6.07) is 13.6. The lowest BCUT2D eigenvalue weighted by Crippen LogP contribution is -1.99. The van der Waals surface area contributed by atoms with E-state index in [1.54, 1.807) is 12.4 Å². The fourth-order valence-corrected chi connectivity index (χ4v) is 3.37. The number of nitrogens with zero attached hydrogens (tertiary/aromatic N) is 3. The number of thiophene rings is 1. The van der Waals surface area contributed by atoms with E-state index < -0.39 is 0 Å². The van der Waals surface area contributed by atoms with Gasteiger partial charge in [0.2, 0.25) is 0 Å². The van der Waals surface area contributed by atoms with Crippen LogP contribution in [0.3, 0.4) is 0 Å². The monoisotopic (exact) mass is 338 g/mol. The highest BCUT2D eigenvalue weighted by Crippen LogP contribution is 2.33. The van der Waals surface area contributed by atoms with Crippen LogP contribution in [-0.2, 0) is 0 Å². The van der Waals surface area contributed by atoms with E-state index in [0.717, 1.165) is 27.3 Å². The molecule has 0 spiro atoms. The number of benzene rings is 1. The minimum atomic E-state index is 0.620. The molecular weight excluding hydrogens is 328 g/mol. The lowest BCUT2D eigenvalue weighted by atomic mass is 10.2. The molecule has 0 aliphatic carbocycles. The molecule has 0 saturated heterocycles. The van der Waals surface area contributed by atoms with Crippen LogP contribution >= 0.6 is 22.9 Å². The topological polar surface area (TPSA) is 50.7 Å². The van der Waals surface area contributed by atoms with E-state index in [2.05, 4.69) is 20.3 Å². The molecule has 0 radical (unpaired) electrons. The van der Waals surface area contributed by atoms with Crippen molar-refractivity contribution in [3.63, 3.8) is 0 Å². The van der Waals surface area contributed by atoms with Gasteiger partial charge in [0, 0.05) is 11.6 Å². The quantitative estimate of drug-likeness (QED) is 0.561. The summed E-state index contributed by atoms with van der Waals surface area (Å²) >= 11 is 7.77. The van der Waals surface area contributed by atoms with Crippen molar-refractivity contribution in [3.05, 3.63) is 65.3 Å². The third kappa shape index (κ3) is 2.76. The van der Waals surface area contributed by atoms with Crippen molar-refractivity contribution in [2.24, 2.45) is 0 Å². The molecule has 6 heteroatoms. The molecule has 0 atom stereocenters. The van der Waals surface area contributed by atoms with E-state index in [1.165, 1.54) is 11.3 Å². The Bertz CT molecular complexity index is 969. The molecule has 23 heavy (non-hydrogen) atoms. The number of pyridine rings is 1.